The van der Waals surface area contributed by atoms with E-state index in [0.717, 1.165) is 18.9 Å². The summed E-state index contributed by atoms with van der Waals surface area (Å²) in [5.41, 5.74) is 0.0607. The number of pyridine rings is 1. The van der Waals surface area contributed by atoms with Gasteiger partial charge in [0.15, 0.2) is 0 Å². The number of hydrogen-bond acceptors (Lipinski definition) is 4. The van der Waals surface area contributed by atoms with Gasteiger partial charge in [0, 0.05) is 11.8 Å². The van der Waals surface area contributed by atoms with Gasteiger partial charge in [-0.05, 0) is 12.8 Å². The molecule has 0 aliphatic heterocycles. The van der Waals surface area contributed by atoms with E-state index < -0.39 is 11.5 Å². The van der Waals surface area contributed by atoms with Crippen LogP contribution in [0.25, 0.3) is 0 Å². The molecule has 5 heteroatoms. The number of aromatic amines is 1. The zero-order chi connectivity index (χ0) is 12.1. The van der Waals surface area contributed by atoms with Crippen molar-refractivity contribution in [2.45, 2.75) is 26.2 Å². The minimum Gasteiger partial charge on any atom is -0.507 e. The van der Waals surface area contributed by atoms with E-state index >= 15 is 0 Å². The average molecular weight is 225 g/mol. The van der Waals surface area contributed by atoms with Crippen molar-refractivity contribution in [2.75, 3.05) is 7.11 Å². The number of unbranched alkanes of at least 4 members (excludes halogenated alkanes) is 1. The third kappa shape index (κ3) is 2.62. The zero-order valence-corrected chi connectivity index (χ0v) is 9.37. The highest BCUT2D eigenvalue weighted by Gasteiger charge is 2.17. The first-order chi connectivity index (χ1) is 7.60. The van der Waals surface area contributed by atoms with Crippen LogP contribution in [0, 0.1) is 0 Å². The van der Waals surface area contributed by atoms with E-state index in [0.29, 0.717) is 12.1 Å². The largest absolute Gasteiger partial charge is 0.507 e. The van der Waals surface area contributed by atoms with E-state index in [1.807, 2.05) is 6.92 Å². The summed E-state index contributed by atoms with van der Waals surface area (Å²) in [5.74, 6) is -0.971. The van der Waals surface area contributed by atoms with Crippen molar-refractivity contribution >= 4 is 5.97 Å². The number of carbonyl (C=O) groups excluding carboxylic acids is 1. The van der Waals surface area contributed by atoms with Crippen molar-refractivity contribution in [1.82, 2.24) is 4.98 Å². The highest BCUT2D eigenvalue weighted by molar-refractivity contribution is 5.93. The lowest BCUT2D eigenvalue weighted by molar-refractivity contribution is 0.0595. The van der Waals surface area contributed by atoms with Gasteiger partial charge in [-0.2, -0.15) is 0 Å². The molecule has 16 heavy (non-hydrogen) atoms. The number of methoxy groups -OCH3 is 1. The van der Waals surface area contributed by atoms with Gasteiger partial charge in [-0.15, -0.1) is 0 Å². The third-order valence-corrected chi connectivity index (χ3v) is 2.27. The second-order valence-electron chi connectivity index (χ2n) is 3.47. The fourth-order valence-corrected chi connectivity index (χ4v) is 1.47. The average Bonchev–Trinajstić information content (AvgIpc) is 2.24. The predicted octanol–water partition coefficient (Wildman–Crippen LogP) is 1.21. The molecule has 88 valence electrons. The van der Waals surface area contributed by atoms with Crippen LogP contribution < -0.4 is 5.56 Å². The fraction of sp³-hybridized carbons (Fsp3) is 0.455. The van der Waals surface area contributed by atoms with E-state index in [4.69, 9.17) is 0 Å². The van der Waals surface area contributed by atoms with Crippen molar-refractivity contribution in [3.05, 3.63) is 27.7 Å². The fourth-order valence-electron chi connectivity index (χ4n) is 1.47. The molecule has 0 bridgehead atoms. The van der Waals surface area contributed by atoms with Gasteiger partial charge in [0.1, 0.15) is 11.3 Å². The molecule has 1 heterocycles. The Hall–Kier alpha value is -1.78. The number of rotatable bonds is 4. The monoisotopic (exact) mass is 225 g/mol. The Kier molecular flexibility index (Phi) is 4.10. The molecule has 0 spiro atoms. The molecule has 0 unspecified atom stereocenters. The molecule has 0 amide bonds. The lowest BCUT2D eigenvalue weighted by Crippen LogP contribution is -2.15. The Labute approximate surface area is 93.1 Å². The summed E-state index contributed by atoms with van der Waals surface area (Å²) in [6, 6.07) is 0.974. The maximum Gasteiger partial charge on any atom is 0.343 e. The van der Waals surface area contributed by atoms with E-state index in [1.54, 1.807) is 0 Å². The minimum atomic E-state index is -0.639. The van der Waals surface area contributed by atoms with Crippen molar-refractivity contribution in [2.24, 2.45) is 0 Å². The van der Waals surface area contributed by atoms with Crippen molar-refractivity contribution < 1.29 is 14.6 Å². The smallest absolute Gasteiger partial charge is 0.343 e. The first-order valence-electron chi connectivity index (χ1n) is 5.13. The van der Waals surface area contributed by atoms with Crippen LogP contribution in [0.2, 0.25) is 0 Å². The Morgan fingerprint density at radius 2 is 2.25 bits per heavy atom. The van der Waals surface area contributed by atoms with Gasteiger partial charge in [0.05, 0.1) is 7.11 Å². The molecule has 1 rings (SSSR count). The normalized spacial score (nSPS) is 10.1. The molecule has 1 aromatic heterocycles. The molecular formula is C11H15NO4. The van der Waals surface area contributed by atoms with E-state index in [-0.39, 0.29) is 11.3 Å². The predicted molar refractivity (Wildman–Crippen MR) is 58.7 cm³/mol. The van der Waals surface area contributed by atoms with Crippen LogP contribution in [0.3, 0.4) is 0 Å². The van der Waals surface area contributed by atoms with Crippen LogP contribution >= 0.6 is 0 Å². The molecule has 5 nitrogen and oxygen atoms in total. The summed E-state index contributed by atoms with van der Waals surface area (Å²) in [5, 5.41) is 9.55. The van der Waals surface area contributed by atoms with Gasteiger partial charge in [-0.25, -0.2) is 4.79 Å². The van der Waals surface area contributed by atoms with Gasteiger partial charge < -0.3 is 14.8 Å². The lowest BCUT2D eigenvalue weighted by atomic mass is 10.1. The number of aromatic nitrogens is 1. The minimum absolute atomic E-state index is 0.0514. The number of ether oxygens (including phenoxy) is 1. The van der Waals surface area contributed by atoms with Crippen LogP contribution in [0.4, 0.5) is 0 Å². The number of carbonyl (C=O) groups is 1. The number of esters is 1. The molecule has 0 saturated carbocycles. The number of aryl methyl sites for hydroxylation is 1. The van der Waals surface area contributed by atoms with Gasteiger partial charge >= 0.3 is 5.97 Å². The molecule has 0 saturated heterocycles. The first-order valence-corrected chi connectivity index (χ1v) is 5.13. The second-order valence-corrected chi connectivity index (χ2v) is 3.47. The van der Waals surface area contributed by atoms with Crippen LogP contribution in [0.1, 0.15) is 35.8 Å². The Bertz CT molecular complexity index is 436. The number of nitrogens with one attached hydrogen (secondary N) is 1. The molecule has 0 fully saturated rings. The molecule has 0 aliphatic carbocycles. The highest BCUT2D eigenvalue weighted by Crippen LogP contribution is 2.19. The summed E-state index contributed by atoms with van der Waals surface area (Å²) in [7, 11) is 1.23. The number of hydrogen-bond donors (Lipinski definition) is 2. The van der Waals surface area contributed by atoms with Gasteiger partial charge in [0.25, 0.3) is 5.56 Å². The molecule has 0 aromatic carbocycles. The molecule has 0 aliphatic rings. The van der Waals surface area contributed by atoms with Gasteiger partial charge in [-0.1, -0.05) is 13.3 Å². The summed E-state index contributed by atoms with van der Waals surface area (Å²) in [6.45, 7) is 2.00. The van der Waals surface area contributed by atoms with Crippen LogP contribution in [0.5, 0.6) is 5.75 Å². The summed E-state index contributed by atoms with van der Waals surface area (Å²) in [4.78, 5) is 25.1. The van der Waals surface area contributed by atoms with Crippen LogP contribution in [-0.2, 0) is 11.2 Å². The topological polar surface area (TPSA) is 79.4 Å². The first kappa shape index (κ1) is 12.3. The van der Waals surface area contributed by atoms with E-state index in [1.165, 1.54) is 7.11 Å². The maximum absolute atomic E-state index is 11.4. The van der Waals surface area contributed by atoms with Crippen molar-refractivity contribution in [1.29, 1.82) is 0 Å². The van der Waals surface area contributed by atoms with Gasteiger partial charge in [-0.3, -0.25) is 4.79 Å². The van der Waals surface area contributed by atoms with E-state index in [2.05, 4.69) is 9.72 Å². The zero-order valence-electron chi connectivity index (χ0n) is 9.37. The summed E-state index contributed by atoms with van der Waals surface area (Å²) >= 11 is 0. The Balaban J connectivity index is 3.21. The molecule has 0 radical (unpaired) electrons. The Morgan fingerprint density at radius 3 is 2.81 bits per heavy atom. The van der Waals surface area contributed by atoms with Gasteiger partial charge in [0.2, 0.25) is 0 Å². The molecule has 0 atom stereocenters. The maximum atomic E-state index is 11.4. The molecule has 1 aromatic rings. The lowest BCUT2D eigenvalue weighted by Gasteiger charge is -2.08. The van der Waals surface area contributed by atoms with Crippen LogP contribution in [-0.4, -0.2) is 23.2 Å². The SMILES string of the molecule is CCCCc1[nH]c(=O)cc(O)c1C(=O)OC. The number of aromatic hydroxyl groups is 1. The second kappa shape index (κ2) is 5.34. The van der Waals surface area contributed by atoms with Crippen LogP contribution in [0.15, 0.2) is 10.9 Å². The highest BCUT2D eigenvalue weighted by atomic mass is 16.5. The Morgan fingerprint density at radius 1 is 1.56 bits per heavy atom. The number of H-pyrrole nitrogens is 1. The van der Waals surface area contributed by atoms with E-state index in [9.17, 15) is 14.7 Å². The third-order valence-electron chi connectivity index (χ3n) is 2.27. The summed E-state index contributed by atoms with van der Waals surface area (Å²) < 4.78 is 4.56. The van der Waals surface area contributed by atoms with Crippen molar-refractivity contribution in [3.63, 3.8) is 0 Å². The van der Waals surface area contributed by atoms with Crippen molar-refractivity contribution in [3.8, 4) is 5.75 Å². The molecule has 2 N–H and O–H groups in total. The summed E-state index contributed by atoms with van der Waals surface area (Å²) in [6.07, 6.45) is 2.28. The quantitative estimate of drug-likeness (QED) is 0.755. The standard InChI is InChI=1S/C11H15NO4/c1-3-4-5-7-10(11(15)16-2)8(13)6-9(14)12-7/h6H,3-5H2,1-2H3,(H2,12,13,14). The molecular weight excluding hydrogens is 210 g/mol.